The summed E-state index contributed by atoms with van der Waals surface area (Å²) in [5, 5.41) is 18.4. The van der Waals surface area contributed by atoms with Crippen LogP contribution in [0.25, 0.3) is 0 Å². The number of ether oxygens (including phenoxy) is 2. The van der Waals surface area contributed by atoms with Crippen LogP contribution in [0.1, 0.15) is 5.56 Å². The number of nitro benzene ring substituents is 1. The topological polar surface area (TPSA) is 121 Å². The first-order valence-electron chi connectivity index (χ1n) is 7.09. The highest BCUT2D eigenvalue weighted by Crippen LogP contribution is 2.34. The average molecular weight is 324 g/mol. The van der Waals surface area contributed by atoms with Crippen LogP contribution in [-0.4, -0.2) is 44.5 Å². The molecule has 23 heavy (non-hydrogen) atoms. The molecule has 3 N–H and O–H groups in total. The summed E-state index contributed by atoms with van der Waals surface area (Å²) in [4.78, 5) is 16.0. The quantitative estimate of drug-likeness (QED) is 0.558. The fraction of sp³-hybridized carbons (Fsp3) is 0.500. The second kappa shape index (κ2) is 7.75. The van der Waals surface area contributed by atoms with Crippen LogP contribution < -0.4 is 20.5 Å². The van der Waals surface area contributed by atoms with Crippen molar-refractivity contribution in [3.63, 3.8) is 0 Å². The van der Waals surface area contributed by atoms with E-state index in [1.807, 2.05) is 0 Å². The van der Waals surface area contributed by atoms with E-state index in [2.05, 4.69) is 10.5 Å². The van der Waals surface area contributed by atoms with Crippen molar-refractivity contribution in [1.29, 1.82) is 0 Å². The molecular weight excluding hydrogens is 304 g/mol. The maximum atomic E-state index is 11.2. The lowest BCUT2D eigenvalue weighted by Gasteiger charge is -2.10. The van der Waals surface area contributed by atoms with Gasteiger partial charge in [-0.15, -0.1) is 0 Å². The molecule has 1 fully saturated rings. The van der Waals surface area contributed by atoms with Crippen molar-refractivity contribution in [2.45, 2.75) is 6.61 Å². The first-order valence-corrected chi connectivity index (χ1v) is 7.09. The lowest BCUT2D eigenvalue weighted by molar-refractivity contribution is -0.386. The van der Waals surface area contributed by atoms with Gasteiger partial charge in [-0.05, 0) is 6.07 Å². The Hall–Kier alpha value is -2.39. The molecule has 1 aromatic carbocycles. The Balaban J connectivity index is 2.18. The Morgan fingerprint density at radius 1 is 1.39 bits per heavy atom. The molecule has 9 heteroatoms. The van der Waals surface area contributed by atoms with Crippen LogP contribution in [0.3, 0.4) is 0 Å². The van der Waals surface area contributed by atoms with Crippen molar-refractivity contribution < 1.29 is 19.2 Å². The molecule has 1 atom stereocenters. The number of nitrogens with zero attached hydrogens (tertiary/aromatic N) is 2. The van der Waals surface area contributed by atoms with Crippen molar-refractivity contribution in [3.8, 4) is 11.5 Å². The van der Waals surface area contributed by atoms with Gasteiger partial charge in [-0.25, -0.2) is 0 Å². The van der Waals surface area contributed by atoms with Gasteiger partial charge in [-0.2, -0.15) is 0 Å². The molecule has 0 spiro atoms. The highest BCUT2D eigenvalue weighted by molar-refractivity contribution is 5.90. The van der Waals surface area contributed by atoms with E-state index in [1.54, 1.807) is 0 Å². The smallest absolute Gasteiger partial charge is 0.280 e. The van der Waals surface area contributed by atoms with E-state index in [0.29, 0.717) is 24.4 Å². The monoisotopic (exact) mass is 324 g/mol. The third kappa shape index (κ3) is 3.88. The number of hydrogen-bond acceptors (Lipinski definition) is 8. The zero-order valence-electron chi connectivity index (χ0n) is 13.1. The van der Waals surface area contributed by atoms with Gasteiger partial charge in [-0.3, -0.25) is 10.1 Å². The SMILES string of the molecule is COc1cc(CO/N=C2\CNCC2CN)c([N+](=O)[O-])cc1OC. The van der Waals surface area contributed by atoms with Crippen LogP contribution in [-0.2, 0) is 11.4 Å². The molecule has 1 aliphatic rings. The second-order valence-corrected chi connectivity index (χ2v) is 5.01. The minimum Gasteiger partial charge on any atom is -0.493 e. The summed E-state index contributed by atoms with van der Waals surface area (Å²) in [6, 6.07) is 2.83. The molecule has 0 aliphatic carbocycles. The summed E-state index contributed by atoms with van der Waals surface area (Å²) in [5.41, 5.74) is 6.71. The number of rotatable bonds is 7. The molecule has 0 radical (unpaired) electrons. The Morgan fingerprint density at radius 2 is 2.09 bits per heavy atom. The predicted molar refractivity (Wildman–Crippen MR) is 83.8 cm³/mol. The van der Waals surface area contributed by atoms with Gasteiger partial charge in [0.1, 0.15) is 6.61 Å². The van der Waals surface area contributed by atoms with E-state index >= 15 is 0 Å². The number of methoxy groups -OCH3 is 2. The van der Waals surface area contributed by atoms with Gasteiger partial charge in [0.2, 0.25) is 0 Å². The van der Waals surface area contributed by atoms with E-state index in [0.717, 1.165) is 12.3 Å². The Kier molecular flexibility index (Phi) is 5.72. The maximum absolute atomic E-state index is 11.2. The first kappa shape index (κ1) is 17.0. The molecular formula is C14H20N4O5. The Labute approximate surface area is 133 Å². The third-order valence-electron chi connectivity index (χ3n) is 3.64. The number of nitro groups is 1. The number of hydrogen-bond donors (Lipinski definition) is 2. The molecule has 126 valence electrons. The second-order valence-electron chi connectivity index (χ2n) is 5.01. The fourth-order valence-electron chi connectivity index (χ4n) is 2.34. The van der Waals surface area contributed by atoms with E-state index < -0.39 is 4.92 Å². The van der Waals surface area contributed by atoms with Gasteiger partial charge >= 0.3 is 0 Å². The minimum absolute atomic E-state index is 0.0442. The van der Waals surface area contributed by atoms with Gasteiger partial charge in [0.15, 0.2) is 11.5 Å². The number of benzene rings is 1. The van der Waals surface area contributed by atoms with E-state index in [4.69, 9.17) is 20.0 Å². The Bertz CT molecular complexity index is 605. The summed E-state index contributed by atoms with van der Waals surface area (Å²) < 4.78 is 10.2. The fourth-order valence-corrected chi connectivity index (χ4v) is 2.34. The first-order chi connectivity index (χ1) is 11.1. The molecule has 0 aromatic heterocycles. The number of nitrogens with one attached hydrogen (secondary N) is 1. The van der Waals surface area contributed by atoms with Crippen LogP contribution in [0.4, 0.5) is 5.69 Å². The molecule has 1 heterocycles. The molecule has 1 unspecified atom stereocenters. The van der Waals surface area contributed by atoms with Crippen LogP contribution in [0, 0.1) is 16.0 Å². The minimum atomic E-state index is -0.492. The predicted octanol–water partition coefficient (Wildman–Crippen LogP) is 0.663. The number of nitrogens with two attached hydrogens (primary N) is 1. The summed E-state index contributed by atoms with van der Waals surface area (Å²) in [5.74, 6) is 0.819. The van der Waals surface area contributed by atoms with E-state index in [9.17, 15) is 10.1 Å². The lowest BCUT2D eigenvalue weighted by Crippen LogP contribution is -2.22. The van der Waals surface area contributed by atoms with Crippen molar-refractivity contribution in [3.05, 3.63) is 27.8 Å². The van der Waals surface area contributed by atoms with Crippen LogP contribution >= 0.6 is 0 Å². The van der Waals surface area contributed by atoms with Crippen molar-refractivity contribution in [2.75, 3.05) is 33.9 Å². The third-order valence-corrected chi connectivity index (χ3v) is 3.64. The largest absolute Gasteiger partial charge is 0.493 e. The molecule has 2 rings (SSSR count). The zero-order valence-corrected chi connectivity index (χ0v) is 13.1. The van der Waals surface area contributed by atoms with Gasteiger partial charge in [0, 0.05) is 25.6 Å². The number of oxime groups is 1. The van der Waals surface area contributed by atoms with Crippen LogP contribution in [0.15, 0.2) is 17.3 Å². The van der Waals surface area contributed by atoms with Crippen LogP contribution in [0.2, 0.25) is 0 Å². The molecule has 1 aliphatic heterocycles. The van der Waals surface area contributed by atoms with E-state index in [1.165, 1.54) is 26.4 Å². The van der Waals surface area contributed by atoms with Crippen molar-refractivity contribution in [2.24, 2.45) is 16.8 Å². The standard InChI is InChI=1S/C14H20N4O5/c1-21-13-3-9(12(18(19)20)4-14(13)22-2)8-23-17-11-7-16-6-10(11)5-15/h3-4,10,16H,5-8,15H2,1-2H3/b17-11+. The summed E-state index contributed by atoms with van der Waals surface area (Å²) in [6.45, 7) is 1.80. The summed E-state index contributed by atoms with van der Waals surface area (Å²) >= 11 is 0. The van der Waals surface area contributed by atoms with E-state index in [-0.39, 0.29) is 24.0 Å². The maximum Gasteiger partial charge on any atom is 0.280 e. The Morgan fingerprint density at radius 3 is 2.70 bits per heavy atom. The van der Waals surface area contributed by atoms with Crippen molar-refractivity contribution >= 4 is 11.4 Å². The molecule has 1 aromatic rings. The lowest BCUT2D eigenvalue weighted by atomic mass is 10.1. The molecule has 0 amide bonds. The summed E-state index contributed by atoms with van der Waals surface area (Å²) in [6.07, 6.45) is 0. The van der Waals surface area contributed by atoms with Crippen LogP contribution in [0.5, 0.6) is 11.5 Å². The molecule has 0 bridgehead atoms. The van der Waals surface area contributed by atoms with Gasteiger partial charge in [0.25, 0.3) is 5.69 Å². The average Bonchev–Trinajstić information content (AvgIpc) is 3.01. The highest BCUT2D eigenvalue weighted by atomic mass is 16.6. The van der Waals surface area contributed by atoms with Gasteiger partial charge < -0.3 is 25.4 Å². The normalized spacial score (nSPS) is 18.9. The summed E-state index contributed by atoms with van der Waals surface area (Å²) in [7, 11) is 2.88. The van der Waals surface area contributed by atoms with Crippen molar-refractivity contribution in [1.82, 2.24) is 5.32 Å². The van der Waals surface area contributed by atoms with Gasteiger partial charge in [0.05, 0.1) is 36.5 Å². The molecule has 9 nitrogen and oxygen atoms in total. The highest BCUT2D eigenvalue weighted by Gasteiger charge is 2.22. The molecule has 1 saturated heterocycles. The zero-order chi connectivity index (χ0) is 16.8. The molecule has 0 saturated carbocycles. The van der Waals surface area contributed by atoms with Gasteiger partial charge in [-0.1, -0.05) is 5.16 Å².